The first kappa shape index (κ1) is 15.9. The van der Waals surface area contributed by atoms with Crippen molar-refractivity contribution < 1.29 is 8.42 Å². The van der Waals surface area contributed by atoms with Gasteiger partial charge in [-0.2, -0.15) is 0 Å². The molecule has 1 aromatic carbocycles. The summed E-state index contributed by atoms with van der Waals surface area (Å²) in [7, 11) is -3.61. The van der Waals surface area contributed by atoms with Gasteiger partial charge in [-0.05, 0) is 35.7 Å². The Labute approximate surface area is 134 Å². The summed E-state index contributed by atoms with van der Waals surface area (Å²) in [4.78, 5) is 0.781. The van der Waals surface area contributed by atoms with Gasteiger partial charge in [0.05, 0.1) is 4.88 Å². The van der Waals surface area contributed by atoms with E-state index in [1.54, 1.807) is 18.2 Å². The van der Waals surface area contributed by atoms with Crippen LogP contribution in [0.25, 0.3) is 0 Å². The molecule has 0 aliphatic rings. The average molecular weight is 340 g/mol. The number of sulfonamides is 1. The minimum absolute atomic E-state index is 0.193. The second kappa shape index (κ2) is 6.13. The van der Waals surface area contributed by atoms with E-state index >= 15 is 0 Å². The third-order valence-corrected chi connectivity index (χ3v) is 6.26. The Kier molecular flexibility index (Phi) is 4.65. The Morgan fingerprint density at radius 1 is 1.19 bits per heavy atom. The van der Waals surface area contributed by atoms with Crippen molar-refractivity contribution in [1.82, 2.24) is 0 Å². The molecule has 4 nitrogen and oxygen atoms in total. The van der Waals surface area contributed by atoms with E-state index < -0.39 is 10.0 Å². The molecule has 2 aromatic rings. The summed E-state index contributed by atoms with van der Waals surface area (Å²) in [6.45, 7) is 4.17. The normalized spacial score (nSPS) is 11.6. The van der Waals surface area contributed by atoms with Gasteiger partial charge in [-0.15, -0.1) is 11.3 Å². The smallest absolute Gasteiger partial charge is 0.271 e. The minimum atomic E-state index is -3.61. The number of thiocarbonyl (C=S) groups is 1. The zero-order valence-electron chi connectivity index (χ0n) is 11.7. The van der Waals surface area contributed by atoms with Crippen LogP contribution in [0.15, 0.2) is 40.6 Å². The van der Waals surface area contributed by atoms with Gasteiger partial charge in [0.1, 0.15) is 9.20 Å². The summed E-state index contributed by atoms with van der Waals surface area (Å²) in [6, 6.07) is 10.5. The molecule has 21 heavy (non-hydrogen) atoms. The monoisotopic (exact) mass is 340 g/mol. The molecule has 7 heteroatoms. The summed E-state index contributed by atoms with van der Waals surface area (Å²) >= 11 is 5.90. The fourth-order valence-corrected chi connectivity index (χ4v) is 4.15. The zero-order valence-corrected chi connectivity index (χ0v) is 14.1. The maximum absolute atomic E-state index is 12.3. The molecular formula is C14H16N2O2S3. The Hall–Kier alpha value is -1.44. The van der Waals surface area contributed by atoms with E-state index in [2.05, 4.69) is 18.6 Å². The van der Waals surface area contributed by atoms with Crippen LogP contribution < -0.4 is 10.5 Å². The lowest BCUT2D eigenvalue weighted by molar-refractivity contribution is 0.603. The molecule has 3 N–H and O–H groups in total. The number of rotatable bonds is 5. The molecule has 0 saturated heterocycles. The van der Waals surface area contributed by atoms with Gasteiger partial charge in [0.15, 0.2) is 0 Å². The maximum atomic E-state index is 12.3. The van der Waals surface area contributed by atoms with Gasteiger partial charge in [0, 0.05) is 5.69 Å². The van der Waals surface area contributed by atoms with E-state index in [1.165, 1.54) is 6.07 Å². The molecule has 1 heterocycles. The molecule has 0 amide bonds. The number of thiophene rings is 1. The van der Waals surface area contributed by atoms with Crippen molar-refractivity contribution in [2.24, 2.45) is 5.73 Å². The van der Waals surface area contributed by atoms with Gasteiger partial charge >= 0.3 is 0 Å². The number of nitrogens with two attached hydrogens (primary N) is 1. The summed E-state index contributed by atoms with van der Waals surface area (Å²) < 4.78 is 27.3. The van der Waals surface area contributed by atoms with Crippen molar-refractivity contribution in [3.05, 3.63) is 46.8 Å². The lowest BCUT2D eigenvalue weighted by Crippen LogP contribution is -2.11. The van der Waals surface area contributed by atoms with Crippen LogP contribution in [0.2, 0.25) is 0 Å². The van der Waals surface area contributed by atoms with Crippen LogP contribution in [0, 0.1) is 0 Å². The van der Waals surface area contributed by atoms with E-state index in [1.807, 2.05) is 12.1 Å². The minimum Gasteiger partial charge on any atom is -0.389 e. The number of nitrogens with one attached hydrogen (secondary N) is 1. The molecule has 0 saturated carbocycles. The number of anilines is 1. The highest BCUT2D eigenvalue weighted by atomic mass is 32.2. The number of hydrogen-bond donors (Lipinski definition) is 2. The molecule has 2 rings (SSSR count). The fraction of sp³-hybridized carbons (Fsp3) is 0.214. The van der Waals surface area contributed by atoms with Gasteiger partial charge in [-0.3, -0.25) is 4.72 Å². The van der Waals surface area contributed by atoms with Gasteiger partial charge in [-0.25, -0.2) is 8.42 Å². The van der Waals surface area contributed by atoms with Crippen molar-refractivity contribution in [2.45, 2.75) is 24.0 Å². The molecule has 0 spiro atoms. The Morgan fingerprint density at radius 3 is 2.29 bits per heavy atom. The van der Waals surface area contributed by atoms with Crippen LogP contribution in [-0.2, 0) is 10.0 Å². The molecule has 0 aliphatic carbocycles. The van der Waals surface area contributed by atoms with E-state index in [4.69, 9.17) is 18.0 Å². The van der Waals surface area contributed by atoms with Gasteiger partial charge in [0.25, 0.3) is 10.0 Å². The molecule has 1 aromatic heterocycles. The first-order valence-corrected chi connectivity index (χ1v) is 9.03. The van der Waals surface area contributed by atoms with E-state index in [0.29, 0.717) is 16.5 Å². The van der Waals surface area contributed by atoms with E-state index in [-0.39, 0.29) is 9.20 Å². The number of hydrogen-bond acceptors (Lipinski definition) is 4. The largest absolute Gasteiger partial charge is 0.389 e. The molecule has 0 atom stereocenters. The van der Waals surface area contributed by atoms with Crippen molar-refractivity contribution in [1.29, 1.82) is 0 Å². The van der Waals surface area contributed by atoms with Crippen LogP contribution in [0.3, 0.4) is 0 Å². The first-order chi connectivity index (χ1) is 9.79. The second-order valence-electron chi connectivity index (χ2n) is 4.87. The molecule has 112 valence electrons. The number of benzene rings is 1. The predicted octanol–water partition coefficient (Wildman–Crippen LogP) is 3.31. The fourth-order valence-electron chi connectivity index (χ4n) is 1.74. The van der Waals surface area contributed by atoms with Crippen LogP contribution in [-0.4, -0.2) is 13.4 Å². The van der Waals surface area contributed by atoms with Crippen molar-refractivity contribution in [2.75, 3.05) is 4.72 Å². The molecular weight excluding hydrogens is 324 g/mol. The van der Waals surface area contributed by atoms with Crippen LogP contribution >= 0.6 is 23.6 Å². The third kappa shape index (κ3) is 3.81. The predicted molar refractivity (Wildman–Crippen MR) is 91.5 cm³/mol. The average Bonchev–Trinajstić information content (AvgIpc) is 2.89. The van der Waals surface area contributed by atoms with Crippen LogP contribution in [0.5, 0.6) is 0 Å². The Balaban J connectivity index is 2.22. The van der Waals surface area contributed by atoms with Crippen molar-refractivity contribution >= 4 is 44.3 Å². The van der Waals surface area contributed by atoms with E-state index in [0.717, 1.165) is 16.9 Å². The highest BCUT2D eigenvalue weighted by Gasteiger charge is 2.17. The Bertz CT molecular complexity index is 747. The van der Waals surface area contributed by atoms with Gasteiger partial charge < -0.3 is 5.73 Å². The molecule has 0 radical (unpaired) electrons. The van der Waals surface area contributed by atoms with Crippen LogP contribution in [0.4, 0.5) is 5.69 Å². The summed E-state index contributed by atoms with van der Waals surface area (Å²) in [5.74, 6) is 0.404. The molecule has 0 unspecified atom stereocenters. The molecule has 0 bridgehead atoms. The summed E-state index contributed by atoms with van der Waals surface area (Å²) in [6.07, 6.45) is 0. The lowest BCUT2D eigenvalue weighted by atomic mass is 10.0. The zero-order chi connectivity index (χ0) is 15.6. The topological polar surface area (TPSA) is 72.2 Å². The van der Waals surface area contributed by atoms with Crippen molar-refractivity contribution in [3.63, 3.8) is 0 Å². The second-order valence-corrected chi connectivity index (χ2v) is 8.30. The maximum Gasteiger partial charge on any atom is 0.271 e. The standard InChI is InChI=1S/C14H16N2O2S3/c1-9(2)10-3-5-11(6-4-10)16-21(17,18)13-8-7-12(20-13)14(15)19/h3-9,16H,1-2H3,(H2,15,19). The van der Waals surface area contributed by atoms with Gasteiger partial charge in [-0.1, -0.05) is 38.2 Å². The first-order valence-electron chi connectivity index (χ1n) is 6.32. The molecule has 0 aliphatic heterocycles. The van der Waals surface area contributed by atoms with Crippen molar-refractivity contribution in [3.8, 4) is 0 Å². The molecule has 0 fully saturated rings. The Morgan fingerprint density at radius 2 is 1.81 bits per heavy atom. The highest BCUT2D eigenvalue weighted by Crippen LogP contribution is 2.25. The quantitative estimate of drug-likeness (QED) is 0.819. The summed E-state index contributed by atoms with van der Waals surface area (Å²) in [5, 5.41) is 0. The SMILES string of the molecule is CC(C)c1ccc(NS(=O)(=O)c2ccc(C(N)=S)s2)cc1. The highest BCUT2D eigenvalue weighted by molar-refractivity contribution is 7.94. The summed E-state index contributed by atoms with van der Waals surface area (Å²) in [5.41, 5.74) is 7.18. The van der Waals surface area contributed by atoms with Gasteiger partial charge in [0.2, 0.25) is 0 Å². The third-order valence-electron chi connectivity index (χ3n) is 2.92. The lowest BCUT2D eigenvalue weighted by Gasteiger charge is -2.09. The van der Waals surface area contributed by atoms with Crippen LogP contribution in [0.1, 0.15) is 30.2 Å². The van der Waals surface area contributed by atoms with E-state index in [9.17, 15) is 8.42 Å².